The zero-order valence-corrected chi connectivity index (χ0v) is 57.9. The van der Waals surface area contributed by atoms with Gasteiger partial charge in [0.05, 0.1) is 68.3 Å². The van der Waals surface area contributed by atoms with Crippen LogP contribution >= 0.6 is 0 Å². The molecule has 0 spiro atoms. The average molecular weight is 1210 g/mol. The van der Waals surface area contributed by atoms with Crippen molar-refractivity contribution in [3.05, 3.63) is 250 Å². The Kier molecular flexibility index (Phi) is 15.9. The molecule has 12 rings (SSSR count). The molecule has 0 bridgehead atoms. The number of aromatic nitrogens is 4. The quantitative estimate of drug-likeness (QED) is 0.112. The summed E-state index contributed by atoms with van der Waals surface area (Å²) >= 11 is 0. The van der Waals surface area contributed by atoms with Crippen LogP contribution < -0.4 is 19.6 Å². The number of hydrogen-bond acceptors (Lipinski definition) is 8. The van der Waals surface area contributed by atoms with Gasteiger partial charge in [-0.15, -0.1) is 0 Å². The minimum absolute atomic E-state index is 0.0631. The number of hydrogen-bond donors (Lipinski definition) is 0. The van der Waals surface area contributed by atoms with Crippen molar-refractivity contribution in [2.24, 2.45) is 0 Å². The van der Waals surface area contributed by atoms with Gasteiger partial charge in [-0.25, -0.2) is 0 Å². The maximum absolute atomic E-state index is 5.10. The summed E-state index contributed by atoms with van der Waals surface area (Å²) in [6, 6.07) is 60.0. The van der Waals surface area contributed by atoms with Crippen molar-refractivity contribution in [3.8, 4) is 0 Å². The fraction of sp³-hybridized carbons (Fsp3) is 0.286. The van der Waals surface area contributed by atoms with Gasteiger partial charge in [0.1, 0.15) is 0 Å². The monoisotopic (exact) mass is 1210 g/mol. The number of benzene rings is 8. The molecule has 4 heterocycles. The fourth-order valence-corrected chi connectivity index (χ4v) is 13.8. The molecule has 8 nitrogen and oxygen atoms in total. The first-order chi connectivity index (χ1) is 43.5. The molecular weight excluding hydrogens is 1120 g/mol. The van der Waals surface area contributed by atoms with E-state index < -0.39 is 0 Å². The second kappa shape index (κ2) is 23.4. The Bertz CT molecular complexity index is 4060. The number of nitrogens with zero attached hydrogens (tertiary/aromatic N) is 8. The first-order valence-corrected chi connectivity index (χ1v) is 32.6. The zero-order valence-electron chi connectivity index (χ0n) is 57.9. The Morgan fingerprint density at radius 1 is 0.239 bits per heavy atom. The van der Waals surface area contributed by atoms with Gasteiger partial charge < -0.3 is 19.6 Å². The van der Waals surface area contributed by atoms with Crippen LogP contribution in [0.5, 0.6) is 0 Å². The second-order valence-electron chi connectivity index (χ2n) is 29.7. The minimum atomic E-state index is -0.0631. The summed E-state index contributed by atoms with van der Waals surface area (Å²) in [5.41, 5.74) is 25.4. The maximum atomic E-state index is 5.10. The lowest BCUT2D eigenvalue weighted by molar-refractivity contribution is 0.590. The smallest absolute Gasteiger partial charge is 0.0703 e. The first-order valence-electron chi connectivity index (χ1n) is 32.6. The molecule has 92 heavy (non-hydrogen) atoms. The molecule has 0 saturated heterocycles. The van der Waals surface area contributed by atoms with E-state index in [0.29, 0.717) is 0 Å². The van der Waals surface area contributed by atoms with E-state index in [2.05, 4.69) is 316 Å². The van der Waals surface area contributed by atoms with Crippen LogP contribution in [0.1, 0.15) is 150 Å². The van der Waals surface area contributed by atoms with E-state index in [4.69, 9.17) is 19.9 Å². The molecular formula is C84H90N8. The summed E-state index contributed by atoms with van der Waals surface area (Å²) < 4.78 is 0. The van der Waals surface area contributed by atoms with Gasteiger partial charge in [-0.05, 0) is 206 Å². The Balaban J connectivity index is 1.33. The van der Waals surface area contributed by atoms with E-state index in [1.54, 1.807) is 0 Å². The van der Waals surface area contributed by atoms with Crippen LogP contribution in [-0.4, -0.2) is 19.9 Å². The second-order valence-corrected chi connectivity index (χ2v) is 29.7. The van der Waals surface area contributed by atoms with Crippen LogP contribution in [-0.2, 0) is 21.7 Å². The van der Waals surface area contributed by atoms with Gasteiger partial charge in [0, 0.05) is 79.9 Å². The third-order valence-corrected chi connectivity index (χ3v) is 18.9. The maximum Gasteiger partial charge on any atom is 0.0703 e. The molecule has 8 heteroatoms. The molecule has 12 aromatic rings. The van der Waals surface area contributed by atoms with Crippen molar-refractivity contribution in [2.75, 3.05) is 19.6 Å². The third kappa shape index (κ3) is 11.3. The minimum Gasteiger partial charge on any atom is -0.308 e. The van der Waals surface area contributed by atoms with Crippen LogP contribution in [0, 0.1) is 55.4 Å². The Hall–Kier alpha value is -9.40. The molecule has 0 fully saturated rings. The lowest BCUT2D eigenvalue weighted by atomic mass is 9.86. The van der Waals surface area contributed by atoms with Crippen molar-refractivity contribution in [1.29, 1.82) is 0 Å². The van der Waals surface area contributed by atoms with Gasteiger partial charge in [-0.2, -0.15) is 0 Å². The Labute approximate surface area is 547 Å². The number of rotatable bonds is 12. The summed E-state index contributed by atoms with van der Waals surface area (Å²) in [7, 11) is 0. The highest BCUT2D eigenvalue weighted by molar-refractivity contribution is 6.33. The molecule has 8 aromatic carbocycles. The van der Waals surface area contributed by atoms with E-state index in [9.17, 15) is 0 Å². The SMILES string of the molecule is Cc1ccnc(C)c1N(c1ccc(C(C)(C)C)cc1)c1cc(N(c2ccc(C(C)(C)C)cc2)c2c(C)ccnc2C)c2ccc3c(N(c4ccc(C(C)(C)C)cc4)c4c(C)ccnc4C)cc(N(c4ccc(C(C)(C)C)cc4)c4c(C)ccnc4C)c4ccc1c2c43. The molecule has 0 amide bonds. The summed E-state index contributed by atoms with van der Waals surface area (Å²) in [5.74, 6) is 0. The molecule has 0 N–H and O–H groups in total. The predicted molar refractivity (Wildman–Crippen MR) is 393 cm³/mol. The van der Waals surface area contributed by atoms with Gasteiger partial charge in [-0.1, -0.05) is 156 Å². The molecule has 0 aliphatic heterocycles. The van der Waals surface area contributed by atoms with Gasteiger partial charge in [0.15, 0.2) is 0 Å². The molecule has 4 aromatic heterocycles. The fourth-order valence-electron chi connectivity index (χ4n) is 13.8. The van der Waals surface area contributed by atoms with E-state index >= 15 is 0 Å². The normalized spacial score (nSPS) is 12.3. The summed E-state index contributed by atoms with van der Waals surface area (Å²) in [5, 5.41) is 6.65. The van der Waals surface area contributed by atoms with E-state index in [1.165, 1.54) is 22.3 Å². The van der Waals surface area contributed by atoms with Crippen molar-refractivity contribution < 1.29 is 0 Å². The Morgan fingerprint density at radius 2 is 0.424 bits per heavy atom. The summed E-state index contributed by atoms with van der Waals surface area (Å²) in [4.78, 5) is 30.3. The molecule has 466 valence electrons. The standard InChI is InChI=1S/C84H90N8/c1-51-41-45-85-55(5)77(51)89(63-29-21-59(22-30-63)81(9,10)11)71-49-72(90(78-52(2)42-46-86-56(78)6)64-31-23-60(24-32-64)82(12,13)14)68-39-40-70-74(92(80-54(4)44-48-88-58(80)8)66-35-27-62(28-36-66)84(18,19)20)50-73(69-38-37-67(71)75(68)76(69)70)91(79-53(3)43-47-87-57(79)7)65-33-25-61(26-34-65)83(15,16)17/h21-50H,1-20H3. The van der Waals surface area contributed by atoms with Crippen molar-refractivity contribution in [1.82, 2.24) is 19.9 Å². The van der Waals surface area contributed by atoms with Crippen LogP contribution in [0.4, 0.5) is 68.2 Å². The van der Waals surface area contributed by atoms with Crippen molar-refractivity contribution in [3.63, 3.8) is 0 Å². The highest BCUT2D eigenvalue weighted by Gasteiger charge is 2.33. The topological polar surface area (TPSA) is 64.5 Å². The molecule has 0 aliphatic carbocycles. The van der Waals surface area contributed by atoms with Gasteiger partial charge in [0.25, 0.3) is 0 Å². The zero-order chi connectivity index (χ0) is 65.7. The molecule has 0 atom stereocenters. The summed E-state index contributed by atoms with van der Waals surface area (Å²) in [6.07, 6.45) is 7.75. The highest BCUT2D eigenvalue weighted by Crippen LogP contribution is 2.57. The molecule has 0 aliphatic rings. The number of aryl methyl sites for hydroxylation is 8. The van der Waals surface area contributed by atoms with Crippen LogP contribution in [0.25, 0.3) is 32.3 Å². The van der Waals surface area contributed by atoms with Gasteiger partial charge >= 0.3 is 0 Å². The molecule has 0 saturated carbocycles. The largest absolute Gasteiger partial charge is 0.308 e. The molecule has 0 unspecified atom stereocenters. The van der Waals surface area contributed by atoms with E-state index in [0.717, 1.165) is 146 Å². The van der Waals surface area contributed by atoms with Crippen molar-refractivity contribution in [2.45, 2.75) is 160 Å². The lowest BCUT2D eigenvalue weighted by Crippen LogP contribution is -2.19. The van der Waals surface area contributed by atoms with Crippen LogP contribution in [0.15, 0.2) is 183 Å². The number of anilines is 12. The average Bonchev–Trinajstić information content (AvgIpc) is 0.699. The van der Waals surface area contributed by atoms with E-state index in [-0.39, 0.29) is 21.7 Å². The molecule has 0 radical (unpaired) electrons. The summed E-state index contributed by atoms with van der Waals surface area (Å²) in [6.45, 7) is 44.9. The third-order valence-electron chi connectivity index (χ3n) is 18.9. The Morgan fingerprint density at radius 3 is 0.587 bits per heavy atom. The predicted octanol–water partition coefficient (Wildman–Crippen LogP) is 23.7. The van der Waals surface area contributed by atoms with Crippen molar-refractivity contribution >= 4 is 101 Å². The lowest BCUT2D eigenvalue weighted by Gasteiger charge is -2.36. The van der Waals surface area contributed by atoms with Crippen LogP contribution in [0.3, 0.4) is 0 Å². The first kappa shape index (κ1) is 62.8. The number of pyridine rings is 4. The van der Waals surface area contributed by atoms with E-state index in [1.807, 2.05) is 24.8 Å². The van der Waals surface area contributed by atoms with Gasteiger partial charge in [0.2, 0.25) is 0 Å². The van der Waals surface area contributed by atoms with Crippen LogP contribution in [0.2, 0.25) is 0 Å². The highest BCUT2D eigenvalue weighted by atomic mass is 15.2. The van der Waals surface area contributed by atoms with Gasteiger partial charge in [-0.3, -0.25) is 19.9 Å².